The highest BCUT2D eigenvalue weighted by atomic mass is 79.9. The maximum Gasteiger partial charge on any atom is 0.287 e. The molecule has 8 heteroatoms. The fourth-order valence-electron chi connectivity index (χ4n) is 1.81. The van der Waals surface area contributed by atoms with Gasteiger partial charge in [0.1, 0.15) is 15.4 Å². The van der Waals surface area contributed by atoms with Crippen molar-refractivity contribution >= 4 is 58.6 Å². The van der Waals surface area contributed by atoms with Gasteiger partial charge in [-0.05, 0) is 40.5 Å². The summed E-state index contributed by atoms with van der Waals surface area (Å²) in [7, 11) is -3.00. The fourth-order valence-corrected chi connectivity index (χ4v) is 3.82. The summed E-state index contributed by atoms with van der Waals surface area (Å²) in [6.07, 6.45) is 1.55. The molecule has 0 saturated carbocycles. The van der Waals surface area contributed by atoms with E-state index >= 15 is 0 Å². The third kappa shape index (κ3) is 4.55. The lowest BCUT2D eigenvalue weighted by Gasteiger charge is -2.02. The molecule has 0 spiro atoms. The number of carbonyl (C=O) groups excluding carboxylic acids is 1. The van der Waals surface area contributed by atoms with E-state index in [1.807, 2.05) is 12.1 Å². The molecule has 0 saturated heterocycles. The van der Waals surface area contributed by atoms with Crippen molar-refractivity contribution in [2.24, 2.45) is 0 Å². The van der Waals surface area contributed by atoms with Crippen LogP contribution in [-0.4, -0.2) is 32.9 Å². The van der Waals surface area contributed by atoms with Crippen LogP contribution in [0.5, 0.6) is 0 Å². The lowest BCUT2D eigenvalue weighted by molar-refractivity contribution is 0.0928. The summed E-state index contributed by atoms with van der Waals surface area (Å²) in [5, 5.41) is 3.45. The molecule has 0 aliphatic heterocycles. The standard InChI is InChI=1S/C13H13Br2NO4S/c1-21(18,19)4-2-3-16-13(17)11-6-8-5-9(14)7-10(15)12(8)20-11/h5-7H,2-4H2,1H3,(H,16,17). The quantitative estimate of drug-likeness (QED) is 0.727. The Morgan fingerprint density at radius 3 is 2.67 bits per heavy atom. The molecular weight excluding hydrogens is 426 g/mol. The van der Waals surface area contributed by atoms with Gasteiger partial charge in [-0.25, -0.2) is 8.42 Å². The Bertz CT molecular complexity index is 783. The molecular formula is C13H13Br2NO4S. The summed E-state index contributed by atoms with van der Waals surface area (Å²) >= 11 is 6.74. The zero-order chi connectivity index (χ0) is 15.6. The maximum atomic E-state index is 12.0. The number of nitrogens with one attached hydrogen (secondary N) is 1. The van der Waals surface area contributed by atoms with Crippen molar-refractivity contribution in [3.05, 3.63) is 32.9 Å². The summed E-state index contributed by atoms with van der Waals surface area (Å²) < 4.78 is 29.1. The van der Waals surface area contributed by atoms with Crippen molar-refractivity contribution in [2.45, 2.75) is 6.42 Å². The number of hydrogen-bond donors (Lipinski definition) is 1. The molecule has 0 bridgehead atoms. The van der Waals surface area contributed by atoms with Crippen LogP contribution in [-0.2, 0) is 9.84 Å². The van der Waals surface area contributed by atoms with E-state index in [1.165, 1.54) is 6.26 Å². The predicted octanol–water partition coefficient (Wildman–Crippen LogP) is 3.12. The highest BCUT2D eigenvalue weighted by molar-refractivity contribution is 9.11. The van der Waals surface area contributed by atoms with Crippen molar-refractivity contribution in [1.82, 2.24) is 5.32 Å². The number of benzene rings is 1. The molecule has 0 aliphatic carbocycles. The first-order chi connectivity index (χ1) is 9.76. The van der Waals surface area contributed by atoms with Crippen LogP contribution in [0, 0.1) is 0 Å². The van der Waals surface area contributed by atoms with E-state index in [9.17, 15) is 13.2 Å². The molecule has 0 unspecified atom stereocenters. The van der Waals surface area contributed by atoms with Gasteiger partial charge < -0.3 is 9.73 Å². The van der Waals surface area contributed by atoms with Gasteiger partial charge >= 0.3 is 0 Å². The first kappa shape index (κ1) is 16.5. The molecule has 0 aliphatic rings. The maximum absolute atomic E-state index is 12.0. The Balaban J connectivity index is 2.05. The molecule has 2 rings (SSSR count). The summed E-state index contributed by atoms with van der Waals surface area (Å²) in [6, 6.07) is 5.33. The second-order valence-corrected chi connectivity index (χ2v) is 8.69. The summed E-state index contributed by atoms with van der Waals surface area (Å²) in [6.45, 7) is 0.286. The van der Waals surface area contributed by atoms with E-state index in [2.05, 4.69) is 37.2 Å². The highest BCUT2D eigenvalue weighted by Gasteiger charge is 2.14. The van der Waals surface area contributed by atoms with Gasteiger partial charge in [-0.15, -0.1) is 0 Å². The Morgan fingerprint density at radius 2 is 2.00 bits per heavy atom. The number of rotatable bonds is 5. The third-order valence-electron chi connectivity index (χ3n) is 2.74. The number of hydrogen-bond acceptors (Lipinski definition) is 4. The molecule has 0 fully saturated rings. The van der Waals surface area contributed by atoms with Gasteiger partial charge in [-0.3, -0.25) is 4.79 Å². The van der Waals surface area contributed by atoms with Crippen LogP contribution in [0.2, 0.25) is 0 Å². The Hall–Kier alpha value is -0.860. The van der Waals surface area contributed by atoms with Crippen LogP contribution in [0.15, 0.2) is 31.6 Å². The topological polar surface area (TPSA) is 76.4 Å². The molecule has 114 valence electrons. The van der Waals surface area contributed by atoms with Crippen molar-refractivity contribution in [3.8, 4) is 0 Å². The molecule has 1 heterocycles. The number of sulfone groups is 1. The van der Waals surface area contributed by atoms with Gasteiger partial charge in [0.25, 0.3) is 5.91 Å². The minimum Gasteiger partial charge on any atom is -0.450 e. The van der Waals surface area contributed by atoms with E-state index in [0.29, 0.717) is 12.0 Å². The Kier molecular flexibility index (Phi) is 5.11. The number of fused-ring (bicyclic) bond motifs is 1. The molecule has 0 radical (unpaired) electrons. The smallest absolute Gasteiger partial charge is 0.287 e. The van der Waals surface area contributed by atoms with Crippen LogP contribution in [0.25, 0.3) is 11.0 Å². The van der Waals surface area contributed by atoms with Crippen LogP contribution in [0.3, 0.4) is 0 Å². The minimum atomic E-state index is -3.00. The van der Waals surface area contributed by atoms with Crippen LogP contribution in [0.4, 0.5) is 0 Å². The van der Waals surface area contributed by atoms with E-state index in [4.69, 9.17) is 4.42 Å². The van der Waals surface area contributed by atoms with Crippen molar-refractivity contribution < 1.29 is 17.6 Å². The molecule has 2 aromatic rings. The van der Waals surface area contributed by atoms with E-state index in [-0.39, 0.29) is 24.0 Å². The molecule has 21 heavy (non-hydrogen) atoms. The number of halogens is 2. The highest BCUT2D eigenvalue weighted by Crippen LogP contribution is 2.30. The third-order valence-corrected chi connectivity index (χ3v) is 4.81. The molecule has 1 N–H and O–H groups in total. The molecule has 1 amide bonds. The normalized spacial score (nSPS) is 11.8. The first-order valence-electron chi connectivity index (χ1n) is 6.11. The van der Waals surface area contributed by atoms with Gasteiger partial charge in [0, 0.05) is 22.7 Å². The van der Waals surface area contributed by atoms with Crippen molar-refractivity contribution in [3.63, 3.8) is 0 Å². The zero-order valence-corrected chi connectivity index (χ0v) is 15.1. The minimum absolute atomic E-state index is 0.0475. The summed E-state index contributed by atoms with van der Waals surface area (Å²) in [4.78, 5) is 12.0. The monoisotopic (exact) mass is 437 g/mol. The van der Waals surface area contributed by atoms with Gasteiger partial charge in [0.05, 0.1) is 10.2 Å². The van der Waals surface area contributed by atoms with Crippen LogP contribution >= 0.6 is 31.9 Å². The molecule has 1 aromatic carbocycles. The second kappa shape index (κ2) is 6.50. The van der Waals surface area contributed by atoms with Gasteiger partial charge in [0.15, 0.2) is 5.76 Å². The van der Waals surface area contributed by atoms with E-state index < -0.39 is 9.84 Å². The van der Waals surface area contributed by atoms with Crippen molar-refractivity contribution in [2.75, 3.05) is 18.6 Å². The van der Waals surface area contributed by atoms with E-state index in [1.54, 1.807) is 6.07 Å². The average molecular weight is 439 g/mol. The number of carbonyl (C=O) groups is 1. The average Bonchev–Trinajstić information content (AvgIpc) is 2.77. The predicted molar refractivity (Wildman–Crippen MR) is 88.3 cm³/mol. The van der Waals surface area contributed by atoms with Crippen molar-refractivity contribution in [1.29, 1.82) is 0 Å². The summed E-state index contributed by atoms with van der Waals surface area (Å²) in [5.41, 5.74) is 0.597. The van der Waals surface area contributed by atoms with E-state index in [0.717, 1.165) is 14.3 Å². The largest absolute Gasteiger partial charge is 0.450 e. The Morgan fingerprint density at radius 1 is 1.29 bits per heavy atom. The Labute approximate surface area is 139 Å². The lowest BCUT2D eigenvalue weighted by Crippen LogP contribution is -2.25. The molecule has 0 atom stereocenters. The fraction of sp³-hybridized carbons (Fsp3) is 0.308. The summed E-state index contributed by atoms with van der Waals surface area (Å²) in [5.74, 6) is -0.114. The number of amides is 1. The van der Waals surface area contributed by atoms with Gasteiger partial charge in [-0.1, -0.05) is 15.9 Å². The first-order valence-corrected chi connectivity index (χ1v) is 9.75. The van der Waals surface area contributed by atoms with Gasteiger partial charge in [-0.2, -0.15) is 0 Å². The molecule has 5 nitrogen and oxygen atoms in total. The molecule has 1 aromatic heterocycles. The second-order valence-electron chi connectivity index (χ2n) is 4.66. The zero-order valence-electron chi connectivity index (χ0n) is 11.2. The lowest BCUT2D eigenvalue weighted by atomic mass is 10.2. The SMILES string of the molecule is CS(=O)(=O)CCCNC(=O)c1cc2cc(Br)cc(Br)c2o1. The van der Waals surface area contributed by atoms with Crippen LogP contribution in [0.1, 0.15) is 17.0 Å². The van der Waals surface area contributed by atoms with Gasteiger partial charge in [0.2, 0.25) is 0 Å². The van der Waals surface area contributed by atoms with Crippen LogP contribution < -0.4 is 5.32 Å². The number of furan rings is 1.